The Balaban J connectivity index is 3.07. The predicted molar refractivity (Wildman–Crippen MR) is 48.1 cm³/mol. The first kappa shape index (κ1) is 8.27. The maximum atomic E-state index is 10.9. The number of thiophene rings is 1. The van der Waals surface area contributed by atoms with Crippen molar-refractivity contribution in [1.29, 1.82) is 0 Å². The molecule has 2 nitrogen and oxygen atoms in total. The number of Topliss-reactive ketones (excluding diaryl/α,β-unsaturated/α-hetero) is 1. The van der Waals surface area contributed by atoms with Crippen LogP contribution in [0.25, 0.3) is 0 Å². The Hall–Kier alpha value is -0.830. The molecule has 0 radical (unpaired) electrons. The van der Waals surface area contributed by atoms with Gasteiger partial charge in [-0.3, -0.25) is 4.79 Å². The highest BCUT2D eigenvalue weighted by Gasteiger charge is 2.08. The molecular weight excluding hydrogens is 158 g/mol. The van der Waals surface area contributed by atoms with Gasteiger partial charge < -0.3 is 5.73 Å². The molecule has 1 rings (SSSR count). The van der Waals surface area contributed by atoms with E-state index in [0.29, 0.717) is 10.6 Å². The number of hydrogen-bond donors (Lipinski definition) is 1. The monoisotopic (exact) mass is 169 g/mol. The van der Waals surface area contributed by atoms with Gasteiger partial charge in [0.2, 0.25) is 0 Å². The fraction of sp³-hybridized carbons (Fsp3) is 0.375. The molecule has 1 aromatic heterocycles. The fourth-order valence-corrected chi connectivity index (χ4v) is 1.82. The van der Waals surface area contributed by atoms with Gasteiger partial charge in [-0.2, -0.15) is 0 Å². The van der Waals surface area contributed by atoms with E-state index in [1.165, 1.54) is 16.2 Å². The lowest BCUT2D eigenvalue weighted by atomic mass is 10.3. The lowest BCUT2D eigenvalue weighted by Gasteiger charge is -1.88. The zero-order valence-corrected chi connectivity index (χ0v) is 7.49. The SMILES string of the molecule is CCc1cc(N)c(C(C)=O)s1. The Labute approximate surface area is 70.0 Å². The van der Waals surface area contributed by atoms with Gasteiger partial charge in [0.25, 0.3) is 0 Å². The molecule has 0 fully saturated rings. The summed E-state index contributed by atoms with van der Waals surface area (Å²) in [5, 5.41) is 0. The lowest BCUT2D eigenvalue weighted by Crippen LogP contribution is -1.92. The summed E-state index contributed by atoms with van der Waals surface area (Å²) in [4.78, 5) is 12.8. The van der Waals surface area contributed by atoms with Crippen molar-refractivity contribution >= 4 is 22.8 Å². The summed E-state index contributed by atoms with van der Waals surface area (Å²) in [6, 6.07) is 1.88. The molecule has 0 bridgehead atoms. The van der Waals surface area contributed by atoms with Gasteiger partial charge in [-0.1, -0.05) is 6.92 Å². The van der Waals surface area contributed by atoms with E-state index in [4.69, 9.17) is 5.73 Å². The van der Waals surface area contributed by atoms with Crippen LogP contribution in [0, 0.1) is 0 Å². The van der Waals surface area contributed by atoms with E-state index in [1.54, 1.807) is 6.92 Å². The number of ketones is 1. The van der Waals surface area contributed by atoms with Crippen molar-refractivity contribution in [3.05, 3.63) is 15.8 Å². The molecule has 2 N–H and O–H groups in total. The van der Waals surface area contributed by atoms with Gasteiger partial charge in [-0.15, -0.1) is 11.3 Å². The normalized spacial score (nSPS) is 10.0. The standard InChI is InChI=1S/C8H11NOS/c1-3-6-4-7(9)8(11-6)5(2)10/h4H,3,9H2,1-2H3. The molecule has 0 aliphatic rings. The summed E-state index contributed by atoms with van der Waals surface area (Å²) in [5.74, 6) is 0.0622. The van der Waals surface area contributed by atoms with Crippen molar-refractivity contribution < 1.29 is 4.79 Å². The number of aryl methyl sites for hydroxylation is 1. The van der Waals surface area contributed by atoms with Crippen LogP contribution in [0.3, 0.4) is 0 Å². The minimum Gasteiger partial charge on any atom is -0.397 e. The molecule has 0 aliphatic carbocycles. The van der Waals surface area contributed by atoms with Crippen molar-refractivity contribution in [3.63, 3.8) is 0 Å². The number of hydrogen-bond acceptors (Lipinski definition) is 3. The molecule has 0 saturated heterocycles. The van der Waals surface area contributed by atoms with Gasteiger partial charge in [-0.25, -0.2) is 0 Å². The summed E-state index contributed by atoms with van der Waals surface area (Å²) in [6.07, 6.45) is 0.947. The first-order chi connectivity index (χ1) is 5.15. The van der Waals surface area contributed by atoms with Crippen LogP contribution in [-0.2, 0) is 6.42 Å². The highest BCUT2D eigenvalue weighted by atomic mass is 32.1. The Kier molecular flexibility index (Phi) is 2.29. The number of rotatable bonds is 2. The highest BCUT2D eigenvalue weighted by Crippen LogP contribution is 2.25. The van der Waals surface area contributed by atoms with Gasteiger partial charge in [0.15, 0.2) is 5.78 Å². The molecular formula is C8H11NOS. The Morgan fingerprint density at radius 2 is 2.36 bits per heavy atom. The van der Waals surface area contributed by atoms with Crippen molar-refractivity contribution in [2.75, 3.05) is 5.73 Å². The minimum absolute atomic E-state index is 0.0622. The second-order valence-electron chi connectivity index (χ2n) is 2.41. The second kappa shape index (κ2) is 3.05. The predicted octanol–water partition coefficient (Wildman–Crippen LogP) is 2.10. The van der Waals surface area contributed by atoms with E-state index < -0.39 is 0 Å². The number of carbonyl (C=O) groups excluding carboxylic acids is 1. The summed E-state index contributed by atoms with van der Waals surface area (Å²) < 4.78 is 0. The average molecular weight is 169 g/mol. The van der Waals surface area contributed by atoms with Gasteiger partial charge in [0.05, 0.1) is 10.6 Å². The quantitative estimate of drug-likeness (QED) is 0.689. The van der Waals surface area contributed by atoms with E-state index in [-0.39, 0.29) is 5.78 Å². The first-order valence-electron chi connectivity index (χ1n) is 3.54. The van der Waals surface area contributed by atoms with E-state index in [1.807, 2.05) is 6.07 Å². The number of nitrogen functional groups attached to an aromatic ring is 1. The third kappa shape index (κ3) is 1.60. The van der Waals surface area contributed by atoms with Crippen LogP contribution in [0.1, 0.15) is 28.4 Å². The maximum Gasteiger partial charge on any atom is 0.171 e. The largest absolute Gasteiger partial charge is 0.397 e. The van der Waals surface area contributed by atoms with Crippen LogP contribution < -0.4 is 5.73 Å². The zero-order valence-electron chi connectivity index (χ0n) is 6.68. The van der Waals surface area contributed by atoms with Gasteiger partial charge in [0.1, 0.15) is 0 Å². The Morgan fingerprint density at radius 3 is 2.64 bits per heavy atom. The third-order valence-corrected chi connectivity index (χ3v) is 2.88. The summed E-state index contributed by atoms with van der Waals surface area (Å²) in [6.45, 7) is 3.59. The smallest absolute Gasteiger partial charge is 0.171 e. The molecule has 60 valence electrons. The van der Waals surface area contributed by atoms with Crippen LogP contribution in [0.15, 0.2) is 6.07 Å². The highest BCUT2D eigenvalue weighted by molar-refractivity contribution is 7.14. The minimum atomic E-state index is 0.0622. The Bertz CT molecular complexity index is 278. The molecule has 1 heterocycles. The summed E-state index contributed by atoms with van der Waals surface area (Å²) in [5.41, 5.74) is 6.23. The van der Waals surface area contributed by atoms with Crippen molar-refractivity contribution in [1.82, 2.24) is 0 Å². The number of nitrogens with two attached hydrogens (primary N) is 1. The van der Waals surface area contributed by atoms with Crippen molar-refractivity contribution in [3.8, 4) is 0 Å². The molecule has 1 aromatic rings. The molecule has 0 aliphatic heterocycles. The molecule has 0 unspecified atom stereocenters. The average Bonchev–Trinajstić information content (AvgIpc) is 2.30. The van der Waals surface area contributed by atoms with Gasteiger partial charge >= 0.3 is 0 Å². The molecule has 0 saturated carbocycles. The van der Waals surface area contributed by atoms with Gasteiger partial charge in [0, 0.05) is 11.8 Å². The van der Waals surface area contributed by atoms with Crippen molar-refractivity contribution in [2.45, 2.75) is 20.3 Å². The van der Waals surface area contributed by atoms with E-state index in [2.05, 4.69) is 6.92 Å². The van der Waals surface area contributed by atoms with Crippen LogP contribution in [0.4, 0.5) is 5.69 Å². The maximum absolute atomic E-state index is 10.9. The summed E-state index contributed by atoms with van der Waals surface area (Å²) >= 11 is 1.49. The zero-order chi connectivity index (χ0) is 8.43. The molecule has 0 amide bonds. The van der Waals surface area contributed by atoms with Gasteiger partial charge in [-0.05, 0) is 12.5 Å². The molecule has 3 heteroatoms. The van der Waals surface area contributed by atoms with Crippen molar-refractivity contribution in [2.24, 2.45) is 0 Å². The molecule has 0 atom stereocenters. The van der Waals surface area contributed by atoms with E-state index in [0.717, 1.165) is 6.42 Å². The van der Waals surface area contributed by atoms with E-state index >= 15 is 0 Å². The first-order valence-corrected chi connectivity index (χ1v) is 4.36. The molecule has 11 heavy (non-hydrogen) atoms. The fourth-order valence-electron chi connectivity index (χ4n) is 0.908. The molecule has 0 aromatic carbocycles. The molecule has 0 spiro atoms. The number of carbonyl (C=O) groups is 1. The van der Waals surface area contributed by atoms with Crippen LogP contribution in [-0.4, -0.2) is 5.78 Å². The third-order valence-electron chi connectivity index (χ3n) is 1.48. The van der Waals surface area contributed by atoms with Crippen LogP contribution in [0.2, 0.25) is 0 Å². The van der Waals surface area contributed by atoms with E-state index in [9.17, 15) is 4.79 Å². The topological polar surface area (TPSA) is 43.1 Å². The summed E-state index contributed by atoms with van der Waals surface area (Å²) in [7, 11) is 0. The van der Waals surface area contributed by atoms with Crippen LogP contribution in [0.5, 0.6) is 0 Å². The number of anilines is 1. The second-order valence-corrected chi connectivity index (χ2v) is 3.54. The van der Waals surface area contributed by atoms with Crippen LogP contribution >= 0.6 is 11.3 Å². The Morgan fingerprint density at radius 1 is 1.73 bits per heavy atom. The lowest BCUT2D eigenvalue weighted by molar-refractivity contribution is 0.102.